The summed E-state index contributed by atoms with van der Waals surface area (Å²) in [6.07, 6.45) is 1.38. The molecule has 5 nitrogen and oxygen atoms in total. The van der Waals surface area contributed by atoms with Crippen molar-refractivity contribution in [2.45, 2.75) is 24.9 Å². The second kappa shape index (κ2) is 9.17. The maximum atomic E-state index is 13.4. The van der Waals surface area contributed by atoms with Crippen LogP contribution in [0, 0.1) is 5.82 Å². The minimum atomic E-state index is -0.980. The van der Waals surface area contributed by atoms with Gasteiger partial charge in [0.2, 0.25) is 5.91 Å². The van der Waals surface area contributed by atoms with Gasteiger partial charge in [0.1, 0.15) is 11.6 Å². The van der Waals surface area contributed by atoms with E-state index in [1.807, 2.05) is 24.3 Å². The van der Waals surface area contributed by atoms with Gasteiger partial charge in [-0.3, -0.25) is 4.79 Å². The van der Waals surface area contributed by atoms with E-state index >= 15 is 0 Å². The lowest BCUT2D eigenvalue weighted by molar-refractivity contribution is -0.120. The smallest absolute Gasteiger partial charge is 0.224 e. The fourth-order valence-corrected chi connectivity index (χ4v) is 3.65. The van der Waals surface area contributed by atoms with Crippen molar-refractivity contribution in [3.05, 3.63) is 65.5 Å². The number of hydrogen-bond acceptors (Lipinski definition) is 4. The third kappa shape index (κ3) is 5.09. The first-order chi connectivity index (χ1) is 13.5. The van der Waals surface area contributed by atoms with Gasteiger partial charge in [0.05, 0.1) is 19.1 Å². The summed E-state index contributed by atoms with van der Waals surface area (Å²) < 4.78 is 18.7. The van der Waals surface area contributed by atoms with E-state index < -0.39 is 5.60 Å². The molecule has 0 atom stereocenters. The molecule has 1 fully saturated rings. The molecule has 1 amide bonds. The number of nitrogens with zero attached hydrogens (tertiary/aromatic N) is 1. The zero-order chi connectivity index (χ0) is 20.0. The van der Waals surface area contributed by atoms with Crippen molar-refractivity contribution >= 4 is 5.91 Å². The number of aliphatic hydroxyl groups is 1. The van der Waals surface area contributed by atoms with Crippen molar-refractivity contribution < 1.29 is 19.0 Å². The number of halogens is 1. The Bertz CT molecular complexity index is 804. The van der Waals surface area contributed by atoms with Gasteiger partial charge in [-0.1, -0.05) is 30.3 Å². The van der Waals surface area contributed by atoms with E-state index in [9.17, 15) is 14.3 Å². The number of ether oxygens (including phenoxy) is 1. The number of benzene rings is 2. The second-order valence-electron chi connectivity index (χ2n) is 7.22. The maximum Gasteiger partial charge on any atom is 0.224 e. The van der Waals surface area contributed by atoms with Crippen molar-refractivity contribution in [2.75, 3.05) is 33.3 Å². The first-order valence-corrected chi connectivity index (χ1v) is 9.59. The highest BCUT2D eigenvalue weighted by Gasteiger charge is 2.34. The summed E-state index contributed by atoms with van der Waals surface area (Å²) in [6, 6.07) is 13.7. The number of carbonyl (C=O) groups is 1. The van der Waals surface area contributed by atoms with Crippen molar-refractivity contribution in [2.24, 2.45) is 0 Å². The molecule has 1 saturated heterocycles. The third-order valence-electron chi connectivity index (χ3n) is 5.34. The van der Waals surface area contributed by atoms with E-state index in [4.69, 9.17) is 4.74 Å². The molecule has 28 heavy (non-hydrogen) atoms. The van der Waals surface area contributed by atoms with Gasteiger partial charge in [0, 0.05) is 31.7 Å². The average molecular weight is 386 g/mol. The largest absolute Gasteiger partial charge is 0.496 e. The van der Waals surface area contributed by atoms with Crippen LogP contribution in [-0.4, -0.2) is 49.2 Å². The zero-order valence-corrected chi connectivity index (χ0v) is 16.2. The summed E-state index contributed by atoms with van der Waals surface area (Å²) in [5, 5.41) is 13.8. The number of nitrogens with one attached hydrogen (secondary N) is 1. The number of piperidine rings is 1. The fourth-order valence-electron chi connectivity index (χ4n) is 3.65. The molecule has 2 aromatic carbocycles. The Morgan fingerprint density at radius 1 is 1.21 bits per heavy atom. The van der Waals surface area contributed by atoms with Crippen LogP contribution in [0.2, 0.25) is 0 Å². The van der Waals surface area contributed by atoms with Crippen molar-refractivity contribution in [3.63, 3.8) is 0 Å². The molecule has 1 aliphatic rings. The number of para-hydroxylation sites is 1. The van der Waals surface area contributed by atoms with Gasteiger partial charge in [-0.2, -0.15) is 0 Å². The van der Waals surface area contributed by atoms with E-state index in [1.54, 1.807) is 19.2 Å². The molecule has 1 heterocycles. The molecule has 2 aromatic rings. The molecule has 2 N–H and O–H groups in total. The van der Waals surface area contributed by atoms with Crippen LogP contribution in [0.4, 0.5) is 4.39 Å². The number of carbonyl (C=O) groups excluding carboxylic acids is 1. The number of likely N-dealkylation sites (tertiary alicyclic amines) is 1. The summed E-state index contributed by atoms with van der Waals surface area (Å²) in [5.74, 6) is 0.342. The monoisotopic (exact) mass is 386 g/mol. The zero-order valence-electron chi connectivity index (χ0n) is 16.2. The minimum Gasteiger partial charge on any atom is -0.496 e. The first kappa shape index (κ1) is 20.3. The van der Waals surface area contributed by atoms with E-state index in [0.29, 0.717) is 43.8 Å². The normalized spacial score (nSPS) is 16.5. The fraction of sp³-hybridized carbons (Fsp3) is 0.409. The summed E-state index contributed by atoms with van der Waals surface area (Å²) in [7, 11) is 1.60. The topological polar surface area (TPSA) is 61.8 Å². The molecule has 0 aliphatic carbocycles. The predicted molar refractivity (Wildman–Crippen MR) is 106 cm³/mol. The Balaban J connectivity index is 1.42. The Morgan fingerprint density at radius 2 is 1.96 bits per heavy atom. The van der Waals surface area contributed by atoms with E-state index in [2.05, 4.69) is 10.2 Å². The molecule has 0 unspecified atom stereocenters. The molecule has 0 saturated carbocycles. The molecule has 1 aliphatic heterocycles. The van der Waals surface area contributed by atoms with Crippen LogP contribution in [-0.2, 0) is 16.8 Å². The highest BCUT2D eigenvalue weighted by molar-refractivity contribution is 5.79. The van der Waals surface area contributed by atoms with E-state index in [-0.39, 0.29) is 18.1 Å². The van der Waals surface area contributed by atoms with Gasteiger partial charge in [-0.05, 0) is 36.6 Å². The maximum absolute atomic E-state index is 13.4. The van der Waals surface area contributed by atoms with Crippen molar-refractivity contribution in [1.29, 1.82) is 0 Å². The van der Waals surface area contributed by atoms with Gasteiger partial charge in [0.15, 0.2) is 0 Å². The van der Waals surface area contributed by atoms with Gasteiger partial charge in [0.25, 0.3) is 0 Å². The van der Waals surface area contributed by atoms with Gasteiger partial charge >= 0.3 is 0 Å². The number of rotatable bonds is 7. The number of hydrogen-bond donors (Lipinski definition) is 2. The lowest BCUT2D eigenvalue weighted by atomic mass is 9.84. The standard InChI is InChI=1S/C22H27FN2O3/c1-28-20-8-3-2-5-17(20)15-21(26)24-11-14-25-12-9-22(27,10-13-25)18-6-4-7-19(23)16-18/h2-8,16,27H,9-15H2,1H3,(H,24,26). The molecule has 0 spiro atoms. The summed E-state index contributed by atoms with van der Waals surface area (Å²) in [4.78, 5) is 14.4. The summed E-state index contributed by atoms with van der Waals surface area (Å²) >= 11 is 0. The molecule has 0 aromatic heterocycles. The first-order valence-electron chi connectivity index (χ1n) is 9.59. The Labute approximate surface area is 165 Å². The number of amides is 1. The molecular weight excluding hydrogens is 359 g/mol. The SMILES string of the molecule is COc1ccccc1CC(=O)NCCN1CCC(O)(c2cccc(F)c2)CC1. The minimum absolute atomic E-state index is 0.0437. The predicted octanol–water partition coefficient (Wildman–Crippen LogP) is 2.48. The number of methoxy groups -OCH3 is 1. The van der Waals surface area contributed by atoms with E-state index in [0.717, 1.165) is 12.1 Å². The Hall–Kier alpha value is -2.44. The lowest BCUT2D eigenvalue weighted by Gasteiger charge is -2.38. The molecule has 3 rings (SSSR count). The van der Waals surface area contributed by atoms with Crippen LogP contribution in [0.15, 0.2) is 48.5 Å². The third-order valence-corrected chi connectivity index (χ3v) is 5.34. The van der Waals surface area contributed by atoms with Crippen LogP contribution < -0.4 is 10.1 Å². The molecule has 150 valence electrons. The molecule has 0 bridgehead atoms. The molecular formula is C22H27FN2O3. The average Bonchev–Trinajstić information content (AvgIpc) is 2.70. The van der Waals surface area contributed by atoms with Gasteiger partial charge in [-0.25, -0.2) is 4.39 Å². The van der Waals surface area contributed by atoms with Crippen LogP contribution in [0.3, 0.4) is 0 Å². The summed E-state index contributed by atoms with van der Waals surface area (Å²) in [6.45, 7) is 2.67. The highest BCUT2D eigenvalue weighted by Crippen LogP contribution is 2.32. The van der Waals surface area contributed by atoms with Crippen LogP contribution in [0.1, 0.15) is 24.0 Å². The second-order valence-corrected chi connectivity index (χ2v) is 7.22. The van der Waals surface area contributed by atoms with E-state index in [1.165, 1.54) is 12.1 Å². The lowest BCUT2D eigenvalue weighted by Crippen LogP contribution is -2.45. The van der Waals surface area contributed by atoms with Crippen LogP contribution in [0.5, 0.6) is 5.75 Å². The van der Waals surface area contributed by atoms with Gasteiger partial charge in [-0.15, -0.1) is 0 Å². The van der Waals surface area contributed by atoms with Gasteiger partial charge < -0.3 is 20.1 Å². The van der Waals surface area contributed by atoms with Crippen LogP contribution >= 0.6 is 0 Å². The molecule has 0 radical (unpaired) electrons. The molecule has 6 heteroatoms. The summed E-state index contributed by atoms with van der Waals surface area (Å²) in [5.41, 5.74) is 0.518. The van der Waals surface area contributed by atoms with Crippen LogP contribution in [0.25, 0.3) is 0 Å². The quantitative estimate of drug-likeness (QED) is 0.768. The van der Waals surface area contributed by atoms with Crippen molar-refractivity contribution in [3.8, 4) is 5.75 Å². The Morgan fingerprint density at radius 3 is 2.68 bits per heavy atom. The highest BCUT2D eigenvalue weighted by atomic mass is 19.1. The van der Waals surface area contributed by atoms with Crippen molar-refractivity contribution in [1.82, 2.24) is 10.2 Å². The Kier molecular flexibility index (Phi) is 6.65.